The summed E-state index contributed by atoms with van der Waals surface area (Å²) in [6.45, 7) is 2.02. The van der Waals surface area contributed by atoms with Crippen molar-refractivity contribution in [2.24, 2.45) is 5.92 Å². The Balaban J connectivity index is 1.45. The van der Waals surface area contributed by atoms with Crippen LogP contribution in [0.4, 0.5) is 10.1 Å². The summed E-state index contributed by atoms with van der Waals surface area (Å²) < 4.78 is 15.0. The predicted octanol–water partition coefficient (Wildman–Crippen LogP) is 4.69. The summed E-state index contributed by atoms with van der Waals surface area (Å²) in [7, 11) is 0. The lowest BCUT2D eigenvalue weighted by molar-refractivity contribution is 0.398. The van der Waals surface area contributed by atoms with Crippen molar-refractivity contribution in [3.8, 4) is 0 Å². The molecule has 0 unspecified atom stereocenters. The number of hydrogen-bond donors (Lipinski definition) is 0. The van der Waals surface area contributed by atoms with Gasteiger partial charge < -0.3 is 4.90 Å². The number of benzene rings is 2. The van der Waals surface area contributed by atoms with Gasteiger partial charge in [0.2, 0.25) is 0 Å². The topological polar surface area (TPSA) is 16.1 Å². The van der Waals surface area contributed by atoms with Gasteiger partial charge in [-0.25, -0.2) is 9.37 Å². The molecule has 4 heteroatoms. The van der Waals surface area contributed by atoms with Gasteiger partial charge in [0.05, 0.1) is 10.4 Å². The molecule has 1 aromatic heterocycles. The average Bonchev–Trinajstić information content (AvgIpc) is 3.06. The molecule has 0 bridgehead atoms. The number of anilines is 1. The van der Waals surface area contributed by atoms with Crippen molar-refractivity contribution in [3.63, 3.8) is 0 Å². The Kier molecular flexibility index (Phi) is 4.00. The third-order valence-corrected chi connectivity index (χ3v) is 5.44. The van der Waals surface area contributed by atoms with Gasteiger partial charge in [0.15, 0.2) is 5.51 Å². The third kappa shape index (κ3) is 2.95. The van der Waals surface area contributed by atoms with E-state index in [-0.39, 0.29) is 5.82 Å². The number of nitrogens with zero attached hydrogens (tertiary/aromatic N) is 2. The number of fused-ring (bicyclic) bond motifs is 1. The second-order valence-electron chi connectivity index (χ2n) is 6.15. The summed E-state index contributed by atoms with van der Waals surface area (Å²) in [6.07, 6.45) is 3.03. The van der Waals surface area contributed by atoms with Crippen LogP contribution in [0.1, 0.15) is 18.4 Å². The number of para-hydroxylation sites is 1. The van der Waals surface area contributed by atoms with Crippen LogP contribution in [0.3, 0.4) is 0 Å². The minimum atomic E-state index is -0.0716. The summed E-state index contributed by atoms with van der Waals surface area (Å²) >= 11 is 1.56. The number of aromatic nitrogens is 1. The first-order chi connectivity index (χ1) is 11.3. The lowest BCUT2D eigenvalue weighted by atomic mass is 9.89. The van der Waals surface area contributed by atoms with E-state index in [1.807, 2.05) is 12.1 Å². The molecule has 4 rings (SSSR count). The zero-order valence-electron chi connectivity index (χ0n) is 12.8. The van der Waals surface area contributed by atoms with E-state index < -0.39 is 0 Å². The maximum Gasteiger partial charge on any atom is 0.153 e. The molecule has 0 aliphatic carbocycles. The molecule has 0 amide bonds. The Morgan fingerprint density at radius 2 is 1.96 bits per heavy atom. The highest BCUT2D eigenvalue weighted by Gasteiger charge is 2.22. The van der Waals surface area contributed by atoms with Gasteiger partial charge >= 0.3 is 0 Å². The largest absolute Gasteiger partial charge is 0.370 e. The molecule has 2 heterocycles. The molecule has 0 atom stereocenters. The van der Waals surface area contributed by atoms with Crippen LogP contribution >= 0.6 is 11.3 Å². The van der Waals surface area contributed by atoms with E-state index in [1.54, 1.807) is 23.5 Å². The molecule has 117 valence electrons. The first kappa shape index (κ1) is 14.6. The Hall–Kier alpha value is -1.94. The van der Waals surface area contributed by atoms with Crippen molar-refractivity contribution in [2.45, 2.75) is 19.3 Å². The van der Waals surface area contributed by atoms with E-state index in [9.17, 15) is 4.39 Å². The quantitative estimate of drug-likeness (QED) is 0.694. The van der Waals surface area contributed by atoms with Crippen molar-refractivity contribution in [1.82, 2.24) is 4.98 Å². The van der Waals surface area contributed by atoms with Crippen molar-refractivity contribution in [1.29, 1.82) is 0 Å². The summed E-state index contributed by atoms with van der Waals surface area (Å²) in [5, 5.41) is 0. The molecular formula is C19H18FN2S. The summed E-state index contributed by atoms with van der Waals surface area (Å²) in [5.74, 6) is 0.488. The summed E-state index contributed by atoms with van der Waals surface area (Å²) in [4.78, 5) is 6.80. The number of rotatable bonds is 3. The van der Waals surface area contributed by atoms with Gasteiger partial charge in [-0.2, -0.15) is 0 Å². The van der Waals surface area contributed by atoms with Gasteiger partial charge in [-0.1, -0.05) is 24.3 Å². The van der Waals surface area contributed by atoms with E-state index in [2.05, 4.69) is 33.6 Å². The zero-order chi connectivity index (χ0) is 15.6. The molecule has 0 spiro atoms. The molecule has 0 saturated carbocycles. The van der Waals surface area contributed by atoms with E-state index in [0.717, 1.165) is 43.4 Å². The van der Waals surface area contributed by atoms with Gasteiger partial charge in [-0.05, 0) is 48.9 Å². The number of thiazole rings is 1. The lowest BCUT2D eigenvalue weighted by Gasteiger charge is -2.33. The van der Waals surface area contributed by atoms with Crippen LogP contribution in [0.25, 0.3) is 10.2 Å². The Bertz CT molecular complexity index is 806. The highest BCUT2D eigenvalue weighted by molar-refractivity contribution is 7.16. The standard InChI is InChI=1S/C19H18FN2S/c20-16-5-2-1-4-15(16)12-14-8-10-22(11-9-14)17-6-3-7-18-19(17)21-13-23-18/h1-7,14H,8-12H2. The highest BCUT2D eigenvalue weighted by Crippen LogP contribution is 2.31. The van der Waals surface area contributed by atoms with Crippen LogP contribution in [0.2, 0.25) is 0 Å². The predicted molar refractivity (Wildman–Crippen MR) is 93.5 cm³/mol. The normalized spacial score (nSPS) is 16.1. The molecule has 3 aromatic rings. The van der Waals surface area contributed by atoms with Crippen molar-refractivity contribution >= 4 is 27.2 Å². The fourth-order valence-electron chi connectivity index (χ4n) is 3.43. The van der Waals surface area contributed by atoms with Crippen molar-refractivity contribution < 1.29 is 4.39 Å². The molecule has 2 aromatic carbocycles. The smallest absolute Gasteiger partial charge is 0.153 e. The third-order valence-electron chi connectivity index (χ3n) is 4.71. The minimum absolute atomic E-state index is 0.0716. The van der Waals surface area contributed by atoms with Crippen LogP contribution in [0.15, 0.2) is 42.5 Å². The molecule has 1 aliphatic heterocycles. The molecule has 0 N–H and O–H groups in total. The van der Waals surface area contributed by atoms with E-state index >= 15 is 0 Å². The number of piperidine rings is 1. The molecule has 2 nitrogen and oxygen atoms in total. The van der Waals surface area contributed by atoms with Gasteiger partial charge in [-0.3, -0.25) is 0 Å². The van der Waals surface area contributed by atoms with Crippen LogP contribution in [-0.4, -0.2) is 18.1 Å². The molecule has 1 saturated heterocycles. The molecule has 23 heavy (non-hydrogen) atoms. The molecule has 1 radical (unpaired) electrons. The van der Waals surface area contributed by atoms with Crippen LogP contribution < -0.4 is 4.90 Å². The number of hydrogen-bond acceptors (Lipinski definition) is 3. The fourth-order valence-corrected chi connectivity index (χ4v) is 4.06. The SMILES string of the molecule is Fc1ccccc1CC1CCN(c2cccc3s[c]nc23)CC1. The first-order valence-electron chi connectivity index (χ1n) is 8.05. The van der Waals surface area contributed by atoms with Gasteiger partial charge in [0.25, 0.3) is 0 Å². The van der Waals surface area contributed by atoms with Crippen LogP contribution in [0.5, 0.6) is 0 Å². The van der Waals surface area contributed by atoms with Crippen molar-refractivity contribution in [2.75, 3.05) is 18.0 Å². The fraction of sp³-hybridized carbons (Fsp3) is 0.316. The van der Waals surface area contributed by atoms with E-state index in [4.69, 9.17) is 0 Å². The van der Waals surface area contributed by atoms with Crippen molar-refractivity contribution in [3.05, 3.63) is 59.4 Å². The maximum absolute atomic E-state index is 13.8. The minimum Gasteiger partial charge on any atom is -0.370 e. The van der Waals surface area contributed by atoms with Gasteiger partial charge in [0.1, 0.15) is 11.3 Å². The highest BCUT2D eigenvalue weighted by atomic mass is 32.1. The molecule has 1 fully saturated rings. The monoisotopic (exact) mass is 325 g/mol. The second-order valence-corrected chi connectivity index (χ2v) is 6.98. The number of halogens is 1. The Morgan fingerprint density at radius 1 is 1.13 bits per heavy atom. The zero-order valence-corrected chi connectivity index (χ0v) is 13.7. The maximum atomic E-state index is 13.8. The Labute approximate surface area is 139 Å². The molecular weight excluding hydrogens is 307 g/mol. The Morgan fingerprint density at radius 3 is 2.78 bits per heavy atom. The van der Waals surface area contributed by atoms with Crippen LogP contribution in [0, 0.1) is 17.2 Å². The molecule has 1 aliphatic rings. The van der Waals surface area contributed by atoms with E-state index in [1.165, 1.54) is 10.4 Å². The summed E-state index contributed by atoms with van der Waals surface area (Å²) in [6, 6.07) is 13.5. The second kappa shape index (κ2) is 6.28. The van der Waals surface area contributed by atoms with Crippen LogP contribution in [-0.2, 0) is 6.42 Å². The summed E-state index contributed by atoms with van der Waals surface area (Å²) in [5.41, 5.74) is 6.11. The van der Waals surface area contributed by atoms with Gasteiger partial charge in [0, 0.05) is 13.1 Å². The first-order valence-corrected chi connectivity index (χ1v) is 8.87. The average molecular weight is 325 g/mol. The van der Waals surface area contributed by atoms with Gasteiger partial charge in [-0.15, -0.1) is 11.3 Å². The van der Waals surface area contributed by atoms with E-state index in [0.29, 0.717) is 5.92 Å². The lowest BCUT2D eigenvalue weighted by Crippen LogP contribution is -2.34.